The first-order chi connectivity index (χ1) is 9.86. The Balaban J connectivity index is 1.82. The fraction of sp³-hybridized carbons (Fsp3) is 0.417. The zero-order chi connectivity index (χ0) is 15.2. The van der Waals surface area contributed by atoms with Gasteiger partial charge < -0.3 is 9.47 Å². The number of hydrogen-bond donors (Lipinski definition) is 0. The first kappa shape index (κ1) is 14.1. The van der Waals surface area contributed by atoms with Gasteiger partial charge in [0.2, 0.25) is 5.82 Å². The number of hydrogen-bond acceptors (Lipinski definition) is 4. The second-order valence-electron chi connectivity index (χ2n) is 4.73. The summed E-state index contributed by atoms with van der Waals surface area (Å²) in [4.78, 5) is 15.4. The van der Waals surface area contributed by atoms with Gasteiger partial charge in [-0.1, -0.05) is 0 Å². The number of carbonyl (C=O) groups excluding carboxylic acids is 1. The lowest BCUT2D eigenvalue weighted by molar-refractivity contribution is -0.147. The van der Waals surface area contributed by atoms with Gasteiger partial charge in [0, 0.05) is 18.0 Å². The van der Waals surface area contributed by atoms with Gasteiger partial charge in [-0.25, -0.2) is 0 Å². The average Bonchev–Trinajstić information content (AvgIpc) is 3.02. The molecule has 0 N–H and O–H groups in total. The number of halogens is 3. The Hall–Kier alpha value is -1.90. The van der Waals surface area contributed by atoms with Crippen LogP contribution in [-0.2, 0) is 19.3 Å². The van der Waals surface area contributed by atoms with E-state index in [4.69, 9.17) is 0 Å². The molecule has 2 aromatic rings. The molecule has 1 amide bonds. The fourth-order valence-corrected chi connectivity index (χ4v) is 3.08. The van der Waals surface area contributed by atoms with Crippen LogP contribution in [0.2, 0.25) is 0 Å². The van der Waals surface area contributed by atoms with Crippen molar-refractivity contribution in [1.82, 2.24) is 19.7 Å². The molecule has 2 aromatic heterocycles. The Bertz CT molecular complexity index is 691. The van der Waals surface area contributed by atoms with Crippen LogP contribution in [0, 0.1) is 6.92 Å². The van der Waals surface area contributed by atoms with Gasteiger partial charge in [0.05, 0.1) is 11.4 Å². The Morgan fingerprint density at radius 2 is 2.05 bits per heavy atom. The Labute approximate surface area is 122 Å². The van der Waals surface area contributed by atoms with Crippen molar-refractivity contribution in [3.8, 4) is 0 Å². The van der Waals surface area contributed by atoms with E-state index in [-0.39, 0.29) is 31.4 Å². The highest BCUT2D eigenvalue weighted by Crippen LogP contribution is 2.29. The normalized spacial score (nSPS) is 15.1. The molecule has 21 heavy (non-hydrogen) atoms. The molecule has 0 atom stereocenters. The molecule has 0 radical (unpaired) electrons. The van der Waals surface area contributed by atoms with E-state index >= 15 is 0 Å². The van der Waals surface area contributed by atoms with Crippen molar-refractivity contribution in [3.63, 3.8) is 0 Å². The van der Waals surface area contributed by atoms with Gasteiger partial charge in [0.1, 0.15) is 0 Å². The van der Waals surface area contributed by atoms with Gasteiger partial charge >= 0.3 is 6.18 Å². The number of rotatable bonds is 1. The van der Waals surface area contributed by atoms with Crippen LogP contribution in [0.15, 0.2) is 12.1 Å². The van der Waals surface area contributed by atoms with Crippen LogP contribution < -0.4 is 0 Å². The third-order valence-electron chi connectivity index (χ3n) is 3.25. The number of aromatic nitrogens is 3. The molecule has 5 nitrogen and oxygen atoms in total. The van der Waals surface area contributed by atoms with Crippen LogP contribution in [0.4, 0.5) is 13.2 Å². The number of nitrogens with zero attached hydrogens (tertiary/aromatic N) is 4. The predicted molar refractivity (Wildman–Crippen MR) is 68.8 cm³/mol. The quantitative estimate of drug-likeness (QED) is 0.811. The molecule has 0 bridgehead atoms. The molecule has 0 aliphatic carbocycles. The fourth-order valence-electron chi connectivity index (χ4n) is 2.25. The van der Waals surface area contributed by atoms with Crippen LogP contribution in [0.1, 0.15) is 26.2 Å². The SMILES string of the molecule is Cc1ccc(C(=O)N2CCn3c(nnc3C(F)(F)F)C2)s1. The lowest BCUT2D eigenvalue weighted by atomic mass is 10.3. The highest BCUT2D eigenvalue weighted by atomic mass is 32.1. The maximum atomic E-state index is 12.7. The first-order valence-electron chi connectivity index (χ1n) is 6.21. The largest absolute Gasteiger partial charge is 0.451 e. The minimum atomic E-state index is -4.53. The summed E-state index contributed by atoms with van der Waals surface area (Å²) in [6, 6.07) is 3.56. The highest BCUT2D eigenvalue weighted by Gasteiger charge is 2.40. The van der Waals surface area contributed by atoms with E-state index in [2.05, 4.69) is 10.2 Å². The van der Waals surface area contributed by atoms with E-state index in [1.54, 1.807) is 6.07 Å². The van der Waals surface area contributed by atoms with Crippen LogP contribution in [-0.4, -0.2) is 32.1 Å². The average molecular weight is 316 g/mol. The number of aryl methyl sites for hydroxylation is 1. The smallest absolute Gasteiger partial charge is 0.329 e. The number of carbonyl (C=O) groups is 1. The minimum Gasteiger partial charge on any atom is -0.329 e. The van der Waals surface area contributed by atoms with Crippen molar-refractivity contribution < 1.29 is 18.0 Å². The molecule has 3 rings (SSSR count). The molecule has 0 fully saturated rings. The van der Waals surface area contributed by atoms with Crippen molar-refractivity contribution >= 4 is 17.2 Å². The lowest BCUT2D eigenvalue weighted by Gasteiger charge is -2.27. The van der Waals surface area contributed by atoms with Crippen LogP contribution in [0.25, 0.3) is 0 Å². The van der Waals surface area contributed by atoms with Crippen LogP contribution in [0.3, 0.4) is 0 Å². The summed E-state index contributed by atoms with van der Waals surface area (Å²) in [6.45, 7) is 2.19. The van der Waals surface area contributed by atoms with E-state index in [0.717, 1.165) is 9.44 Å². The van der Waals surface area contributed by atoms with Crippen molar-refractivity contribution in [1.29, 1.82) is 0 Å². The van der Waals surface area contributed by atoms with E-state index < -0.39 is 12.0 Å². The molecule has 0 saturated heterocycles. The number of thiophene rings is 1. The second-order valence-corrected chi connectivity index (χ2v) is 6.01. The summed E-state index contributed by atoms with van der Waals surface area (Å²) >= 11 is 1.37. The van der Waals surface area contributed by atoms with Crippen molar-refractivity contribution in [2.75, 3.05) is 6.54 Å². The van der Waals surface area contributed by atoms with Gasteiger partial charge in [-0.2, -0.15) is 13.2 Å². The second kappa shape index (κ2) is 4.83. The monoisotopic (exact) mass is 316 g/mol. The van der Waals surface area contributed by atoms with Crippen molar-refractivity contribution in [2.24, 2.45) is 0 Å². The molecule has 112 valence electrons. The standard InChI is InChI=1S/C12H11F3N4OS/c1-7-2-3-8(21-7)10(20)18-4-5-19-9(6-18)16-17-11(19)12(13,14)15/h2-3H,4-6H2,1H3. The topological polar surface area (TPSA) is 51.0 Å². The molecule has 0 spiro atoms. The maximum Gasteiger partial charge on any atom is 0.451 e. The Kier molecular flexibility index (Phi) is 3.23. The first-order valence-corrected chi connectivity index (χ1v) is 7.03. The minimum absolute atomic E-state index is 0.0405. The maximum absolute atomic E-state index is 12.7. The summed E-state index contributed by atoms with van der Waals surface area (Å²) in [7, 11) is 0. The molecule has 3 heterocycles. The van der Waals surface area contributed by atoms with Gasteiger partial charge in [-0.15, -0.1) is 21.5 Å². The molecule has 1 aliphatic heterocycles. The van der Waals surface area contributed by atoms with Gasteiger partial charge in [-0.3, -0.25) is 4.79 Å². The lowest BCUT2D eigenvalue weighted by Crippen LogP contribution is -2.39. The molecule has 9 heteroatoms. The zero-order valence-electron chi connectivity index (χ0n) is 11.0. The zero-order valence-corrected chi connectivity index (χ0v) is 11.8. The summed E-state index contributed by atoms with van der Waals surface area (Å²) in [6.07, 6.45) is -4.53. The van der Waals surface area contributed by atoms with E-state index in [1.807, 2.05) is 13.0 Å². The van der Waals surface area contributed by atoms with Gasteiger partial charge in [0.15, 0.2) is 5.82 Å². The third kappa shape index (κ3) is 2.53. The Morgan fingerprint density at radius 1 is 1.29 bits per heavy atom. The summed E-state index contributed by atoms with van der Waals surface area (Å²) in [5.41, 5.74) is 0. The van der Waals surface area contributed by atoms with Crippen molar-refractivity contribution in [2.45, 2.75) is 26.2 Å². The van der Waals surface area contributed by atoms with Gasteiger partial charge in [0.25, 0.3) is 5.91 Å². The molecular weight excluding hydrogens is 305 g/mol. The van der Waals surface area contributed by atoms with Crippen LogP contribution >= 0.6 is 11.3 Å². The van der Waals surface area contributed by atoms with Crippen molar-refractivity contribution in [3.05, 3.63) is 33.5 Å². The number of amides is 1. The molecule has 0 saturated carbocycles. The molecule has 0 unspecified atom stereocenters. The highest BCUT2D eigenvalue weighted by molar-refractivity contribution is 7.13. The Morgan fingerprint density at radius 3 is 2.67 bits per heavy atom. The van der Waals surface area contributed by atoms with E-state index in [9.17, 15) is 18.0 Å². The summed E-state index contributed by atoms with van der Waals surface area (Å²) in [5.74, 6) is -1.03. The predicted octanol–water partition coefficient (Wildman–Crippen LogP) is 2.32. The van der Waals surface area contributed by atoms with E-state index in [1.165, 1.54) is 16.2 Å². The van der Waals surface area contributed by atoms with Crippen LogP contribution in [0.5, 0.6) is 0 Å². The molecule has 0 aromatic carbocycles. The summed E-state index contributed by atoms with van der Waals surface area (Å²) in [5, 5.41) is 6.75. The molecular formula is C12H11F3N4OS. The molecule has 1 aliphatic rings. The number of alkyl halides is 3. The summed E-state index contributed by atoms with van der Waals surface area (Å²) < 4.78 is 39.2. The third-order valence-corrected chi connectivity index (χ3v) is 4.23. The van der Waals surface area contributed by atoms with Gasteiger partial charge in [-0.05, 0) is 19.1 Å². The van der Waals surface area contributed by atoms with E-state index in [0.29, 0.717) is 4.88 Å². The number of fused-ring (bicyclic) bond motifs is 1.